The van der Waals surface area contributed by atoms with E-state index in [9.17, 15) is 9.90 Å². The maximum Gasteiger partial charge on any atom is 0.255 e. The Balaban J connectivity index is 1.99. The number of carbonyl (C=O) groups excluding carboxylic acids is 1. The number of nitrogens with one attached hydrogen (secondary N) is 2. The molecule has 1 fully saturated rings. The molecule has 3 N–H and O–H groups in total. The molecule has 1 amide bonds. The summed E-state index contributed by atoms with van der Waals surface area (Å²) < 4.78 is 0. The van der Waals surface area contributed by atoms with Gasteiger partial charge < -0.3 is 15.7 Å². The number of hydrogen-bond acceptors (Lipinski definition) is 4. The first-order valence-corrected chi connectivity index (χ1v) is 6.32. The lowest BCUT2D eigenvalue weighted by molar-refractivity contribution is 0.0868. The quantitative estimate of drug-likeness (QED) is 0.751. The normalized spacial score (nSPS) is 23.4. The van der Waals surface area contributed by atoms with Gasteiger partial charge in [-0.05, 0) is 37.8 Å². The summed E-state index contributed by atoms with van der Waals surface area (Å²) in [5, 5.41) is 15.3. The Morgan fingerprint density at radius 2 is 2.11 bits per heavy atom. The minimum absolute atomic E-state index is 0.103. The van der Waals surface area contributed by atoms with E-state index in [0.29, 0.717) is 11.4 Å². The second kappa shape index (κ2) is 5.82. The van der Waals surface area contributed by atoms with Crippen LogP contribution in [0.5, 0.6) is 0 Å². The van der Waals surface area contributed by atoms with Gasteiger partial charge in [-0.25, -0.2) is 4.98 Å². The van der Waals surface area contributed by atoms with Crippen LogP contribution in [-0.2, 0) is 0 Å². The molecule has 1 aliphatic rings. The third kappa shape index (κ3) is 2.98. The Kier molecular flexibility index (Phi) is 4.15. The van der Waals surface area contributed by atoms with E-state index >= 15 is 0 Å². The van der Waals surface area contributed by atoms with Crippen LogP contribution >= 0.6 is 0 Å². The van der Waals surface area contributed by atoms with Crippen LogP contribution in [0.15, 0.2) is 18.3 Å². The van der Waals surface area contributed by atoms with E-state index in [4.69, 9.17) is 0 Å². The van der Waals surface area contributed by atoms with Crippen LogP contribution in [-0.4, -0.2) is 35.2 Å². The smallest absolute Gasteiger partial charge is 0.255 e. The molecule has 18 heavy (non-hydrogen) atoms. The molecule has 1 saturated carbocycles. The standard InChI is InChI=1S/C13H19N3O2/c1-14-12-11(3-2-8-15-12)13(18)16-9-4-6-10(17)7-5-9/h2-3,8-10,17H,4-7H2,1H3,(H,14,15)(H,16,18). The molecule has 1 aromatic rings. The molecular weight excluding hydrogens is 230 g/mol. The molecule has 0 unspecified atom stereocenters. The fraction of sp³-hybridized carbons (Fsp3) is 0.538. The minimum atomic E-state index is -0.204. The molecule has 0 atom stereocenters. The number of hydrogen-bond donors (Lipinski definition) is 3. The number of anilines is 1. The number of aromatic nitrogens is 1. The Morgan fingerprint density at radius 3 is 2.78 bits per heavy atom. The molecule has 0 radical (unpaired) electrons. The van der Waals surface area contributed by atoms with Crippen LogP contribution in [0, 0.1) is 0 Å². The van der Waals surface area contributed by atoms with Gasteiger partial charge in [0.25, 0.3) is 5.91 Å². The van der Waals surface area contributed by atoms with Crippen molar-refractivity contribution in [1.29, 1.82) is 0 Å². The maximum absolute atomic E-state index is 12.1. The summed E-state index contributed by atoms with van der Waals surface area (Å²) in [5.41, 5.74) is 0.561. The molecular formula is C13H19N3O2. The van der Waals surface area contributed by atoms with E-state index in [2.05, 4.69) is 15.6 Å². The van der Waals surface area contributed by atoms with E-state index in [-0.39, 0.29) is 18.1 Å². The molecule has 0 aliphatic heterocycles. The van der Waals surface area contributed by atoms with Gasteiger partial charge in [0.1, 0.15) is 5.82 Å². The molecule has 1 heterocycles. The fourth-order valence-electron chi connectivity index (χ4n) is 2.27. The summed E-state index contributed by atoms with van der Waals surface area (Å²) in [7, 11) is 1.75. The third-order valence-electron chi connectivity index (χ3n) is 3.32. The number of amides is 1. The predicted octanol–water partition coefficient (Wildman–Crippen LogP) is 1.16. The lowest BCUT2D eigenvalue weighted by atomic mass is 9.93. The van der Waals surface area contributed by atoms with Crippen LogP contribution in [0.4, 0.5) is 5.82 Å². The lowest BCUT2D eigenvalue weighted by Gasteiger charge is -2.26. The molecule has 1 aliphatic carbocycles. The van der Waals surface area contributed by atoms with Gasteiger partial charge in [0, 0.05) is 19.3 Å². The van der Waals surface area contributed by atoms with Gasteiger partial charge in [-0.3, -0.25) is 4.79 Å². The van der Waals surface area contributed by atoms with E-state index in [1.165, 1.54) is 0 Å². The average molecular weight is 249 g/mol. The van der Waals surface area contributed by atoms with E-state index in [1.54, 1.807) is 25.4 Å². The number of carbonyl (C=O) groups is 1. The molecule has 1 aromatic heterocycles. The van der Waals surface area contributed by atoms with Crippen LogP contribution in [0.2, 0.25) is 0 Å². The molecule has 0 aromatic carbocycles. The van der Waals surface area contributed by atoms with E-state index in [0.717, 1.165) is 25.7 Å². The van der Waals surface area contributed by atoms with Crippen molar-refractivity contribution in [1.82, 2.24) is 10.3 Å². The highest BCUT2D eigenvalue weighted by Gasteiger charge is 2.22. The van der Waals surface area contributed by atoms with Crippen molar-refractivity contribution >= 4 is 11.7 Å². The average Bonchev–Trinajstić information content (AvgIpc) is 2.41. The molecule has 98 valence electrons. The minimum Gasteiger partial charge on any atom is -0.393 e. The third-order valence-corrected chi connectivity index (χ3v) is 3.32. The maximum atomic E-state index is 12.1. The second-order valence-corrected chi connectivity index (χ2v) is 4.63. The largest absolute Gasteiger partial charge is 0.393 e. The Bertz CT molecular complexity index is 414. The highest BCUT2D eigenvalue weighted by Crippen LogP contribution is 2.19. The van der Waals surface area contributed by atoms with Gasteiger partial charge in [0.2, 0.25) is 0 Å². The van der Waals surface area contributed by atoms with Crippen LogP contribution in [0.25, 0.3) is 0 Å². The van der Waals surface area contributed by atoms with Crippen LogP contribution in [0.3, 0.4) is 0 Å². The first kappa shape index (κ1) is 12.8. The molecule has 0 spiro atoms. The number of aliphatic hydroxyl groups excluding tert-OH is 1. The Labute approximate surface area is 107 Å². The lowest BCUT2D eigenvalue weighted by Crippen LogP contribution is -2.38. The topological polar surface area (TPSA) is 74.2 Å². The summed E-state index contributed by atoms with van der Waals surface area (Å²) in [6.07, 6.45) is 4.64. The van der Waals surface area contributed by atoms with Crippen molar-refractivity contribution in [3.05, 3.63) is 23.9 Å². The predicted molar refractivity (Wildman–Crippen MR) is 69.5 cm³/mol. The molecule has 5 heteroatoms. The molecule has 0 bridgehead atoms. The van der Waals surface area contributed by atoms with Crippen molar-refractivity contribution in [2.45, 2.75) is 37.8 Å². The highest BCUT2D eigenvalue weighted by molar-refractivity contribution is 5.98. The van der Waals surface area contributed by atoms with Gasteiger partial charge in [-0.2, -0.15) is 0 Å². The van der Waals surface area contributed by atoms with E-state index < -0.39 is 0 Å². The van der Waals surface area contributed by atoms with Crippen LogP contribution in [0.1, 0.15) is 36.0 Å². The first-order chi connectivity index (χ1) is 8.70. The number of pyridine rings is 1. The summed E-state index contributed by atoms with van der Waals surface area (Å²) in [5.74, 6) is 0.486. The number of aliphatic hydroxyl groups is 1. The van der Waals surface area contributed by atoms with Crippen molar-refractivity contribution in [2.24, 2.45) is 0 Å². The molecule has 0 saturated heterocycles. The monoisotopic (exact) mass is 249 g/mol. The summed E-state index contributed by atoms with van der Waals surface area (Å²) in [6, 6.07) is 3.66. The summed E-state index contributed by atoms with van der Waals surface area (Å²) >= 11 is 0. The number of nitrogens with zero attached hydrogens (tertiary/aromatic N) is 1. The summed E-state index contributed by atoms with van der Waals surface area (Å²) in [6.45, 7) is 0. The SMILES string of the molecule is CNc1ncccc1C(=O)NC1CCC(O)CC1. The van der Waals surface area contributed by atoms with Crippen molar-refractivity contribution in [3.63, 3.8) is 0 Å². The fourth-order valence-corrected chi connectivity index (χ4v) is 2.27. The molecule has 5 nitrogen and oxygen atoms in total. The zero-order valence-corrected chi connectivity index (χ0v) is 10.5. The van der Waals surface area contributed by atoms with E-state index in [1.807, 2.05) is 0 Å². The van der Waals surface area contributed by atoms with Gasteiger partial charge in [0.15, 0.2) is 0 Å². The van der Waals surface area contributed by atoms with Gasteiger partial charge in [0.05, 0.1) is 11.7 Å². The van der Waals surface area contributed by atoms with Gasteiger partial charge in [-0.15, -0.1) is 0 Å². The van der Waals surface area contributed by atoms with Gasteiger partial charge in [-0.1, -0.05) is 0 Å². The van der Waals surface area contributed by atoms with Crippen molar-refractivity contribution in [3.8, 4) is 0 Å². The van der Waals surface area contributed by atoms with Crippen LogP contribution < -0.4 is 10.6 Å². The first-order valence-electron chi connectivity index (χ1n) is 6.32. The van der Waals surface area contributed by atoms with Crippen molar-refractivity contribution < 1.29 is 9.90 Å². The number of rotatable bonds is 3. The Morgan fingerprint density at radius 1 is 1.39 bits per heavy atom. The summed E-state index contributed by atoms with van der Waals surface area (Å²) in [4.78, 5) is 16.2. The zero-order valence-electron chi connectivity index (χ0n) is 10.5. The Hall–Kier alpha value is -1.62. The molecule has 2 rings (SSSR count). The highest BCUT2D eigenvalue weighted by atomic mass is 16.3. The second-order valence-electron chi connectivity index (χ2n) is 4.63. The zero-order chi connectivity index (χ0) is 13.0. The van der Waals surface area contributed by atoms with Gasteiger partial charge >= 0.3 is 0 Å². The van der Waals surface area contributed by atoms with Crippen molar-refractivity contribution in [2.75, 3.05) is 12.4 Å².